The van der Waals surface area contributed by atoms with Crippen LogP contribution in [0, 0.1) is 6.92 Å². The lowest BCUT2D eigenvalue weighted by molar-refractivity contribution is 0.0730. The van der Waals surface area contributed by atoms with Crippen molar-refractivity contribution in [3.8, 4) is 11.3 Å². The van der Waals surface area contributed by atoms with Crippen LogP contribution in [0.4, 0.5) is 0 Å². The molecule has 1 aliphatic rings. The lowest BCUT2D eigenvalue weighted by atomic mass is 10.1. The van der Waals surface area contributed by atoms with E-state index in [1.54, 1.807) is 23.7 Å². The number of H-pyrrole nitrogens is 1. The molecule has 0 bridgehead atoms. The molecule has 0 radical (unpaired) electrons. The van der Waals surface area contributed by atoms with Gasteiger partial charge in [-0.2, -0.15) is 0 Å². The molecule has 4 heterocycles. The van der Waals surface area contributed by atoms with Crippen molar-refractivity contribution in [2.75, 3.05) is 6.54 Å². The SMILES string of the molecule is Cc1nc(-c2c[nH]c(C(=O)N3CCC[C@@H]3c3ccncc3)c2)cs1. The van der Waals surface area contributed by atoms with E-state index in [9.17, 15) is 4.79 Å². The summed E-state index contributed by atoms with van der Waals surface area (Å²) in [4.78, 5) is 26.6. The van der Waals surface area contributed by atoms with E-state index in [0.29, 0.717) is 5.69 Å². The molecule has 24 heavy (non-hydrogen) atoms. The third kappa shape index (κ3) is 2.73. The first-order valence-corrected chi connectivity index (χ1v) is 8.92. The molecule has 0 saturated carbocycles. The summed E-state index contributed by atoms with van der Waals surface area (Å²) >= 11 is 1.61. The van der Waals surface area contributed by atoms with Gasteiger partial charge in [0.2, 0.25) is 0 Å². The fourth-order valence-corrected chi connectivity index (χ4v) is 3.88. The summed E-state index contributed by atoms with van der Waals surface area (Å²) in [5.41, 5.74) is 3.65. The number of thiazole rings is 1. The number of aryl methyl sites for hydroxylation is 1. The van der Waals surface area contributed by atoms with Crippen molar-refractivity contribution in [1.82, 2.24) is 19.9 Å². The van der Waals surface area contributed by atoms with E-state index in [0.717, 1.165) is 41.2 Å². The van der Waals surface area contributed by atoms with Crippen LogP contribution in [0.2, 0.25) is 0 Å². The zero-order valence-corrected chi connectivity index (χ0v) is 14.2. The maximum atomic E-state index is 12.9. The van der Waals surface area contributed by atoms with Crippen LogP contribution < -0.4 is 0 Å². The molecule has 1 aliphatic heterocycles. The molecule has 3 aromatic heterocycles. The molecule has 4 rings (SSSR count). The van der Waals surface area contributed by atoms with Gasteiger partial charge in [0, 0.05) is 36.1 Å². The molecule has 1 fully saturated rings. The highest BCUT2D eigenvalue weighted by atomic mass is 32.1. The standard InChI is InChI=1S/C18H18N4OS/c1-12-21-16(11-24-12)14-9-15(20-10-14)18(23)22-8-2-3-17(22)13-4-6-19-7-5-13/h4-7,9-11,17,20H,2-3,8H2,1H3/t17-/m1/s1. The molecule has 3 aromatic rings. The molecule has 1 N–H and O–H groups in total. The number of likely N-dealkylation sites (tertiary alicyclic amines) is 1. The molecule has 0 aromatic carbocycles. The number of amides is 1. The normalized spacial score (nSPS) is 17.4. The first kappa shape index (κ1) is 15.1. The Hall–Kier alpha value is -2.47. The van der Waals surface area contributed by atoms with E-state index in [1.165, 1.54) is 0 Å². The van der Waals surface area contributed by atoms with Crippen molar-refractivity contribution in [2.24, 2.45) is 0 Å². The second kappa shape index (κ2) is 6.20. The van der Waals surface area contributed by atoms with E-state index in [4.69, 9.17) is 0 Å². The zero-order chi connectivity index (χ0) is 16.5. The second-order valence-electron chi connectivity index (χ2n) is 5.99. The van der Waals surface area contributed by atoms with Crippen LogP contribution in [0.5, 0.6) is 0 Å². The highest BCUT2D eigenvalue weighted by molar-refractivity contribution is 7.09. The van der Waals surface area contributed by atoms with Gasteiger partial charge in [-0.15, -0.1) is 11.3 Å². The Balaban J connectivity index is 1.58. The minimum Gasteiger partial charge on any atom is -0.357 e. The number of hydrogen-bond acceptors (Lipinski definition) is 4. The number of carbonyl (C=O) groups excluding carboxylic acids is 1. The molecular weight excluding hydrogens is 320 g/mol. The molecule has 5 nitrogen and oxygen atoms in total. The molecular formula is C18H18N4OS. The van der Waals surface area contributed by atoms with E-state index in [2.05, 4.69) is 15.0 Å². The quantitative estimate of drug-likeness (QED) is 0.790. The minimum atomic E-state index is 0.0486. The van der Waals surface area contributed by atoms with E-state index >= 15 is 0 Å². The maximum absolute atomic E-state index is 12.9. The Morgan fingerprint density at radius 3 is 2.96 bits per heavy atom. The van der Waals surface area contributed by atoms with Crippen molar-refractivity contribution >= 4 is 17.2 Å². The fourth-order valence-electron chi connectivity index (χ4n) is 3.26. The molecule has 0 unspecified atom stereocenters. The third-order valence-corrected chi connectivity index (χ3v) is 5.21. The van der Waals surface area contributed by atoms with Gasteiger partial charge in [-0.05, 0) is 43.5 Å². The van der Waals surface area contributed by atoms with Crippen LogP contribution in [-0.2, 0) is 0 Å². The molecule has 0 spiro atoms. The van der Waals surface area contributed by atoms with Crippen molar-refractivity contribution < 1.29 is 4.79 Å². The van der Waals surface area contributed by atoms with Crippen molar-refractivity contribution in [2.45, 2.75) is 25.8 Å². The van der Waals surface area contributed by atoms with E-state index in [-0.39, 0.29) is 11.9 Å². The van der Waals surface area contributed by atoms with Gasteiger partial charge in [0.1, 0.15) is 5.69 Å². The highest BCUT2D eigenvalue weighted by Crippen LogP contribution is 2.33. The number of nitrogens with zero attached hydrogens (tertiary/aromatic N) is 3. The monoisotopic (exact) mass is 338 g/mol. The predicted molar refractivity (Wildman–Crippen MR) is 93.9 cm³/mol. The van der Waals surface area contributed by atoms with Crippen LogP contribution in [-0.4, -0.2) is 32.3 Å². The summed E-state index contributed by atoms with van der Waals surface area (Å²) in [5.74, 6) is 0.0486. The topological polar surface area (TPSA) is 61.9 Å². The first-order chi connectivity index (χ1) is 11.7. The molecule has 0 aliphatic carbocycles. The first-order valence-electron chi connectivity index (χ1n) is 8.04. The van der Waals surface area contributed by atoms with Gasteiger partial charge in [0.15, 0.2) is 0 Å². The molecule has 122 valence electrons. The smallest absolute Gasteiger partial charge is 0.270 e. The molecule has 6 heteroatoms. The number of hydrogen-bond donors (Lipinski definition) is 1. The lowest BCUT2D eigenvalue weighted by Crippen LogP contribution is -2.30. The van der Waals surface area contributed by atoms with Gasteiger partial charge >= 0.3 is 0 Å². The fraction of sp³-hybridized carbons (Fsp3) is 0.278. The summed E-state index contributed by atoms with van der Waals surface area (Å²) < 4.78 is 0. The van der Waals surface area contributed by atoms with E-state index < -0.39 is 0 Å². The predicted octanol–water partition coefficient (Wildman–Crippen LogP) is 3.82. The van der Waals surface area contributed by atoms with Crippen molar-refractivity contribution in [3.63, 3.8) is 0 Å². The largest absolute Gasteiger partial charge is 0.357 e. The number of rotatable bonds is 3. The summed E-state index contributed by atoms with van der Waals surface area (Å²) in [6.07, 6.45) is 7.45. The van der Waals surface area contributed by atoms with Crippen LogP contribution in [0.15, 0.2) is 42.2 Å². The Bertz CT molecular complexity index is 855. The van der Waals surface area contributed by atoms with Crippen molar-refractivity contribution in [1.29, 1.82) is 0 Å². The van der Waals surface area contributed by atoms with Gasteiger partial charge in [0.05, 0.1) is 16.7 Å². The minimum absolute atomic E-state index is 0.0486. The summed E-state index contributed by atoms with van der Waals surface area (Å²) in [6.45, 7) is 2.77. The Morgan fingerprint density at radius 2 is 2.21 bits per heavy atom. The number of pyridine rings is 1. The Kier molecular flexibility index (Phi) is 3.90. The van der Waals surface area contributed by atoms with Crippen LogP contribution in [0.25, 0.3) is 11.3 Å². The summed E-state index contributed by atoms with van der Waals surface area (Å²) in [6, 6.07) is 6.02. The van der Waals surface area contributed by atoms with Crippen LogP contribution in [0.3, 0.4) is 0 Å². The van der Waals surface area contributed by atoms with Gasteiger partial charge in [0.25, 0.3) is 5.91 Å². The van der Waals surface area contributed by atoms with Crippen LogP contribution in [0.1, 0.15) is 39.9 Å². The Morgan fingerprint density at radius 1 is 1.38 bits per heavy atom. The summed E-state index contributed by atoms with van der Waals surface area (Å²) in [5, 5.41) is 3.04. The molecule has 1 saturated heterocycles. The highest BCUT2D eigenvalue weighted by Gasteiger charge is 2.31. The van der Waals surface area contributed by atoms with Gasteiger partial charge in [-0.25, -0.2) is 4.98 Å². The maximum Gasteiger partial charge on any atom is 0.270 e. The van der Waals surface area contributed by atoms with Gasteiger partial charge in [-0.3, -0.25) is 9.78 Å². The average Bonchev–Trinajstić information content (AvgIpc) is 3.35. The third-order valence-electron chi connectivity index (χ3n) is 4.43. The average molecular weight is 338 g/mol. The second-order valence-corrected chi connectivity index (χ2v) is 7.05. The van der Waals surface area contributed by atoms with Gasteiger partial charge < -0.3 is 9.88 Å². The van der Waals surface area contributed by atoms with Gasteiger partial charge in [-0.1, -0.05) is 0 Å². The molecule has 1 amide bonds. The number of aromatic amines is 1. The molecule has 1 atom stereocenters. The number of nitrogens with one attached hydrogen (secondary N) is 1. The Labute approximate surface area is 144 Å². The van der Waals surface area contributed by atoms with E-state index in [1.807, 2.05) is 41.6 Å². The zero-order valence-electron chi connectivity index (χ0n) is 13.4. The lowest BCUT2D eigenvalue weighted by Gasteiger charge is -2.24. The van der Waals surface area contributed by atoms with Crippen molar-refractivity contribution in [3.05, 3.63) is 58.4 Å². The number of carbonyl (C=O) groups is 1. The number of aromatic nitrogens is 3. The van der Waals surface area contributed by atoms with Crippen LogP contribution >= 0.6 is 11.3 Å². The summed E-state index contributed by atoms with van der Waals surface area (Å²) in [7, 11) is 0.